The van der Waals surface area contributed by atoms with E-state index in [0.717, 1.165) is 32.1 Å². The summed E-state index contributed by atoms with van der Waals surface area (Å²) in [5.74, 6) is -0.0694. The van der Waals surface area contributed by atoms with Gasteiger partial charge in [0.25, 0.3) is 0 Å². The normalized spacial score (nSPS) is 13.0. The maximum atomic E-state index is 12.4. The fraction of sp³-hybridized carbons (Fsp3) is 0.902. The smallest absolute Gasteiger partial charge is 0.220 e. The SMILES string of the molecule is CCCCCCCCCCCCCCCCCCCCCCC/C=C/CC/C=C/C(O)C(CO)NC(=O)CCCCCCCCCCCCCCCCCC. The Labute approximate surface area is 345 Å². The van der Waals surface area contributed by atoms with E-state index < -0.39 is 12.1 Å². The summed E-state index contributed by atoms with van der Waals surface area (Å²) in [6.45, 7) is 4.32. The minimum absolute atomic E-state index is 0.0694. The second-order valence-electron chi connectivity index (χ2n) is 17.2. The van der Waals surface area contributed by atoms with Gasteiger partial charge in [0.05, 0.1) is 18.8 Å². The van der Waals surface area contributed by atoms with Crippen molar-refractivity contribution in [3.8, 4) is 0 Å². The molecule has 0 saturated heterocycles. The molecule has 0 aliphatic carbocycles. The Bertz CT molecular complexity index is 795. The van der Waals surface area contributed by atoms with Gasteiger partial charge in [-0.25, -0.2) is 0 Å². The molecule has 2 unspecified atom stereocenters. The zero-order valence-electron chi connectivity index (χ0n) is 37.5. The average Bonchev–Trinajstić information content (AvgIpc) is 3.19. The first-order chi connectivity index (χ1) is 27.2. The van der Waals surface area contributed by atoms with Gasteiger partial charge in [-0.2, -0.15) is 0 Å². The Morgan fingerprint density at radius 1 is 0.418 bits per heavy atom. The maximum Gasteiger partial charge on any atom is 0.220 e. The van der Waals surface area contributed by atoms with Crippen molar-refractivity contribution >= 4 is 5.91 Å². The summed E-state index contributed by atoms with van der Waals surface area (Å²) in [4.78, 5) is 12.4. The van der Waals surface area contributed by atoms with Gasteiger partial charge in [-0.15, -0.1) is 0 Å². The Morgan fingerprint density at radius 3 is 1.05 bits per heavy atom. The number of allylic oxidation sites excluding steroid dienone is 3. The van der Waals surface area contributed by atoms with Crippen LogP contribution < -0.4 is 5.32 Å². The molecule has 0 spiro atoms. The Balaban J connectivity index is 3.52. The van der Waals surface area contributed by atoms with Crippen LogP contribution in [0.2, 0.25) is 0 Å². The number of aliphatic hydroxyl groups is 2. The summed E-state index contributed by atoms with van der Waals surface area (Å²) in [7, 11) is 0. The lowest BCUT2D eigenvalue weighted by Crippen LogP contribution is -2.45. The van der Waals surface area contributed by atoms with Crippen LogP contribution in [0.25, 0.3) is 0 Å². The van der Waals surface area contributed by atoms with Crippen LogP contribution >= 0.6 is 0 Å². The highest BCUT2D eigenvalue weighted by atomic mass is 16.3. The van der Waals surface area contributed by atoms with Gasteiger partial charge in [-0.05, 0) is 32.1 Å². The highest BCUT2D eigenvalue weighted by Gasteiger charge is 2.17. The lowest BCUT2D eigenvalue weighted by atomic mass is 10.0. The molecule has 0 aromatic heterocycles. The minimum atomic E-state index is -0.858. The maximum absolute atomic E-state index is 12.4. The van der Waals surface area contributed by atoms with E-state index >= 15 is 0 Å². The molecule has 0 aromatic carbocycles. The fourth-order valence-corrected chi connectivity index (χ4v) is 7.84. The van der Waals surface area contributed by atoms with Gasteiger partial charge in [0, 0.05) is 6.42 Å². The number of unbranched alkanes of at least 4 members (excludes halogenated alkanes) is 37. The number of nitrogens with one attached hydrogen (secondary N) is 1. The molecule has 1 amide bonds. The number of carbonyl (C=O) groups excluding carboxylic acids is 1. The van der Waals surface area contributed by atoms with Gasteiger partial charge < -0.3 is 15.5 Å². The predicted molar refractivity (Wildman–Crippen MR) is 244 cm³/mol. The van der Waals surface area contributed by atoms with Crippen LogP contribution in [-0.4, -0.2) is 34.9 Å². The van der Waals surface area contributed by atoms with Crippen molar-refractivity contribution < 1.29 is 15.0 Å². The van der Waals surface area contributed by atoms with E-state index in [2.05, 4.69) is 31.3 Å². The molecular formula is C51H99NO3. The summed E-state index contributed by atoms with van der Waals surface area (Å²) in [5, 5.41) is 23.1. The molecule has 326 valence electrons. The van der Waals surface area contributed by atoms with Crippen molar-refractivity contribution in [3.63, 3.8) is 0 Å². The van der Waals surface area contributed by atoms with Crippen molar-refractivity contribution in [2.45, 2.75) is 289 Å². The van der Waals surface area contributed by atoms with Gasteiger partial charge in [0.15, 0.2) is 0 Å². The molecule has 0 fully saturated rings. The first kappa shape index (κ1) is 53.9. The summed E-state index contributed by atoms with van der Waals surface area (Å²) in [6, 6.07) is -0.635. The highest BCUT2D eigenvalue weighted by Crippen LogP contribution is 2.17. The number of amides is 1. The lowest BCUT2D eigenvalue weighted by Gasteiger charge is -2.19. The van der Waals surface area contributed by atoms with Gasteiger partial charge in [0.1, 0.15) is 0 Å². The molecule has 0 aliphatic rings. The topological polar surface area (TPSA) is 69.6 Å². The fourth-order valence-electron chi connectivity index (χ4n) is 7.84. The number of rotatable bonds is 46. The van der Waals surface area contributed by atoms with E-state index in [-0.39, 0.29) is 12.5 Å². The van der Waals surface area contributed by atoms with Crippen LogP contribution in [0.3, 0.4) is 0 Å². The molecule has 0 radical (unpaired) electrons. The third kappa shape index (κ3) is 43.8. The molecule has 4 heteroatoms. The number of hydrogen-bond donors (Lipinski definition) is 3. The van der Waals surface area contributed by atoms with E-state index in [0.29, 0.717) is 6.42 Å². The molecule has 0 bridgehead atoms. The number of carbonyl (C=O) groups is 1. The molecule has 55 heavy (non-hydrogen) atoms. The largest absolute Gasteiger partial charge is 0.394 e. The van der Waals surface area contributed by atoms with E-state index in [1.807, 2.05) is 6.08 Å². The first-order valence-electron chi connectivity index (χ1n) is 25.1. The average molecular weight is 774 g/mol. The van der Waals surface area contributed by atoms with Gasteiger partial charge in [-0.1, -0.05) is 263 Å². The molecular weight excluding hydrogens is 675 g/mol. The summed E-state index contributed by atoms with van der Waals surface area (Å²) < 4.78 is 0. The molecule has 4 nitrogen and oxygen atoms in total. The summed E-state index contributed by atoms with van der Waals surface area (Å²) in [6.07, 6.45) is 61.8. The second-order valence-corrected chi connectivity index (χ2v) is 17.2. The standard InChI is InChI=1S/C51H99NO3/c1-3-5-7-9-11-13-15-17-19-21-22-23-24-25-26-27-28-29-30-31-32-34-36-38-40-42-44-46-50(54)49(48-53)52-51(55)47-45-43-41-39-37-35-33-20-18-16-14-12-10-8-6-4-2/h36,38,44,46,49-50,53-54H,3-35,37,39-43,45,47-48H2,1-2H3,(H,52,55)/b38-36+,46-44+. The van der Waals surface area contributed by atoms with Crippen LogP contribution in [0.1, 0.15) is 277 Å². The van der Waals surface area contributed by atoms with E-state index in [1.165, 1.54) is 225 Å². The first-order valence-corrected chi connectivity index (χ1v) is 25.1. The van der Waals surface area contributed by atoms with Crippen LogP contribution in [0.4, 0.5) is 0 Å². The minimum Gasteiger partial charge on any atom is -0.394 e. The highest BCUT2D eigenvalue weighted by molar-refractivity contribution is 5.76. The Kier molecular flexibility index (Phi) is 46.3. The van der Waals surface area contributed by atoms with Crippen molar-refractivity contribution in [2.75, 3.05) is 6.61 Å². The monoisotopic (exact) mass is 774 g/mol. The zero-order chi connectivity index (χ0) is 40.0. The van der Waals surface area contributed by atoms with Gasteiger partial charge >= 0.3 is 0 Å². The van der Waals surface area contributed by atoms with Crippen LogP contribution in [0, 0.1) is 0 Å². The van der Waals surface area contributed by atoms with Gasteiger partial charge in [-0.3, -0.25) is 4.79 Å². The van der Waals surface area contributed by atoms with Crippen molar-refractivity contribution in [1.82, 2.24) is 5.32 Å². The zero-order valence-corrected chi connectivity index (χ0v) is 37.5. The molecule has 0 aromatic rings. The quantitative estimate of drug-likeness (QED) is 0.0426. The third-order valence-electron chi connectivity index (χ3n) is 11.7. The Morgan fingerprint density at radius 2 is 0.709 bits per heavy atom. The molecule has 0 heterocycles. The van der Waals surface area contributed by atoms with Crippen molar-refractivity contribution in [2.24, 2.45) is 0 Å². The second kappa shape index (κ2) is 47.2. The van der Waals surface area contributed by atoms with E-state index in [4.69, 9.17) is 0 Å². The predicted octanol–water partition coefficient (Wildman–Crippen LogP) is 16.0. The van der Waals surface area contributed by atoms with Crippen LogP contribution in [0.15, 0.2) is 24.3 Å². The molecule has 2 atom stereocenters. The summed E-state index contributed by atoms with van der Waals surface area (Å²) in [5.41, 5.74) is 0. The third-order valence-corrected chi connectivity index (χ3v) is 11.7. The Hall–Kier alpha value is -1.13. The van der Waals surface area contributed by atoms with Crippen LogP contribution in [-0.2, 0) is 4.79 Å². The van der Waals surface area contributed by atoms with Gasteiger partial charge in [0.2, 0.25) is 5.91 Å². The van der Waals surface area contributed by atoms with E-state index in [9.17, 15) is 15.0 Å². The number of hydrogen-bond acceptors (Lipinski definition) is 3. The van der Waals surface area contributed by atoms with E-state index in [1.54, 1.807) is 6.08 Å². The van der Waals surface area contributed by atoms with Crippen molar-refractivity contribution in [3.05, 3.63) is 24.3 Å². The molecule has 0 saturated carbocycles. The van der Waals surface area contributed by atoms with Crippen molar-refractivity contribution in [1.29, 1.82) is 0 Å². The molecule has 3 N–H and O–H groups in total. The number of aliphatic hydroxyl groups excluding tert-OH is 2. The van der Waals surface area contributed by atoms with Crippen LogP contribution in [0.5, 0.6) is 0 Å². The lowest BCUT2D eigenvalue weighted by molar-refractivity contribution is -0.123. The molecule has 0 aliphatic heterocycles. The summed E-state index contributed by atoms with van der Waals surface area (Å²) >= 11 is 0. The molecule has 0 rings (SSSR count).